The highest BCUT2D eigenvalue weighted by Gasteiger charge is 2.18. The highest BCUT2D eigenvalue weighted by atomic mass is 79.9. The third-order valence-corrected chi connectivity index (χ3v) is 6.18. The van der Waals surface area contributed by atoms with Crippen molar-refractivity contribution < 1.29 is 0 Å². The molecule has 0 fully saturated rings. The molecule has 26 heavy (non-hydrogen) atoms. The van der Waals surface area contributed by atoms with Gasteiger partial charge in [0.05, 0.1) is 21.1 Å². The third kappa shape index (κ3) is 3.21. The molecule has 2 heterocycles. The van der Waals surface area contributed by atoms with Crippen molar-refractivity contribution >= 4 is 72.2 Å². The van der Waals surface area contributed by atoms with E-state index in [9.17, 15) is 0 Å². The first-order valence-electron chi connectivity index (χ1n) is 7.75. The molecule has 2 aromatic heterocycles. The number of thiophene rings is 1. The maximum atomic E-state index is 6.32. The van der Waals surface area contributed by atoms with Crippen LogP contribution in [0, 0.1) is 6.92 Å². The van der Waals surface area contributed by atoms with Crippen LogP contribution in [0.5, 0.6) is 0 Å². The van der Waals surface area contributed by atoms with E-state index in [-0.39, 0.29) is 0 Å². The standard InChI is InChI=1S/C19H12BrCl2N3S/c1-10-15(11-5-7-12(20)8-6-11)16-18(23-9-24-19(16)26-10)25-17-13(21)3-2-4-14(17)22/h2-9H,1H3,(H,23,24,25). The molecule has 0 bridgehead atoms. The summed E-state index contributed by atoms with van der Waals surface area (Å²) in [6.07, 6.45) is 1.55. The van der Waals surface area contributed by atoms with Crippen molar-refractivity contribution in [1.82, 2.24) is 9.97 Å². The van der Waals surface area contributed by atoms with Gasteiger partial charge < -0.3 is 5.32 Å². The smallest absolute Gasteiger partial charge is 0.143 e. The van der Waals surface area contributed by atoms with Crippen LogP contribution in [-0.4, -0.2) is 9.97 Å². The van der Waals surface area contributed by atoms with Gasteiger partial charge in [0.1, 0.15) is 17.0 Å². The molecule has 2 aromatic carbocycles. The molecule has 0 unspecified atom stereocenters. The Morgan fingerprint density at radius 2 is 1.69 bits per heavy atom. The summed E-state index contributed by atoms with van der Waals surface area (Å²) in [6, 6.07) is 13.6. The van der Waals surface area contributed by atoms with Crippen molar-refractivity contribution in [2.75, 3.05) is 5.32 Å². The lowest BCUT2D eigenvalue weighted by atomic mass is 10.0. The van der Waals surface area contributed by atoms with Gasteiger partial charge in [-0.05, 0) is 36.8 Å². The summed E-state index contributed by atoms with van der Waals surface area (Å²) in [5.41, 5.74) is 2.87. The Morgan fingerprint density at radius 1 is 1.00 bits per heavy atom. The van der Waals surface area contributed by atoms with Crippen molar-refractivity contribution in [3.63, 3.8) is 0 Å². The molecule has 1 N–H and O–H groups in total. The Balaban J connectivity index is 1.92. The molecule has 0 aliphatic heterocycles. The Hall–Kier alpha value is -1.66. The SMILES string of the molecule is Cc1sc2ncnc(Nc3c(Cl)cccc3Cl)c2c1-c1ccc(Br)cc1. The quantitative estimate of drug-likeness (QED) is 0.341. The van der Waals surface area contributed by atoms with E-state index in [0.717, 1.165) is 25.8 Å². The molecule has 3 nitrogen and oxygen atoms in total. The first-order chi connectivity index (χ1) is 12.5. The Bertz CT molecular complexity index is 1090. The van der Waals surface area contributed by atoms with E-state index < -0.39 is 0 Å². The summed E-state index contributed by atoms with van der Waals surface area (Å²) in [7, 11) is 0. The molecular weight excluding hydrogens is 453 g/mol. The maximum absolute atomic E-state index is 6.32. The minimum absolute atomic E-state index is 0.543. The van der Waals surface area contributed by atoms with E-state index in [4.69, 9.17) is 23.2 Å². The predicted molar refractivity (Wildman–Crippen MR) is 115 cm³/mol. The van der Waals surface area contributed by atoms with Crippen molar-refractivity contribution in [1.29, 1.82) is 0 Å². The zero-order valence-electron chi connectivity index (χ0n) is 13.6. The van der Waals surface area contributed by atoms with Crippen LogP contribution >= 0.6 is 50.5 Å². The van der Waals surface area contributed by atoms with Crippen LogP contribution in [-0.2, 0) is 0 Å². The average molecular weight is 465 g/mol. The van der Waals surface area contributed by atoms with Gasteiger partial charge in [-0.2, -0.15) is 0 Å². The molecular formula is C19H12BrCl2N3S. The summed E-state index contributed by atoms with van der Waals surface area (Å²) < 4.78 is 1.04. The summed E-state index contributed by atoms with van der Waals surface area (Å²) in [5, 5.41) is 5.35. The number of benzene rings is 2. The minimum Gasteiger partial charge on any atom is -0.337 e. The van der Waals surface area contributed by atoms with E-state index in [0.29, 0.717) is 21.6 Å². The molecule has 0 radical (unpaired) electrons. The second-order valence-electron chi connectivity index (χ2n) is 5.66. The van der Waals surface area contributed by atoms with Crippen molar-refractivity contribution in [2.24, 2.45) is 0 Å². The highest BCUT2D eigenvalue weighted by Crippen LogP contribution is 2.42. The monoisotopic (exact) mass is 463 g/mol. The average Bonchev–Trinajstić information content (AvgIpc) is 2.96. The largest absolute Gasteiger partial charge is 0.337 e. The van der Waals surface area contributed by atoms with Gasteiger partial charge >= 0.3 is 0 Å². The summed E-state index contributed by atoms with van der Waals surface area (Å²) in [5.74, 6) is 0.687. The van der Waals surface area contributed by atoms with Crippen LogP contribution in [0.2, 0.25) is 10.0 Å². The molecule has 0 saturated carbocycles. The molecule has 0 saturated heterocycles. The van der Waals surface area contributed by atoms with Gasteiger partial charge in [-0.3, -0.25) is 0 Å². The fraction of sp³-hybridized carbons (Fsp3) is 0.0526. The van der Waals surface area contributed by atoms with Crippen molar-refractivity contribution in [3.8, 4) is 11.1 Å². The lowest BCUT2D eigenvalue weighted by Crippen LogP contribution is -1.97. The molecule has 0 amide bonds. The number of nitrogens with zero attached hydrogens (tertiary/aromatic N) is 2. The van der Waals surface area contributed by atoms with E-state index in [1.165, 1.54) is 4.88 Å². The lowest BCUT2D eigenvalue weighted by molar-refractivity contribution is 1.23. The number of anilines is 2. The zero-order valence-corrected chi connectivity index (χ0v) is 17.5. The van der Waals surface area contributed by atoms with Gasteiger partial charge in [-0.25, -0.2) is 9.97 Å². The van der Waals surface area contributed by atoms with Gasteiger partial charge in [0.25, 0.3) is 0 Å². The van der Waals surface area contributed by atoms with Crippen LogP contribution in [0.3, 0.4) is 0 Å². The number of para-hydroxylation sites is 1. The fourth-order valence-corrected chi connectivity index (χ4v) is 4.61. The molecule has 4 rings (SSSR count). The van der Waals surface area contributed by atoms with Crippen molar-refractivity contribution in [2.45, 2.75) is 6.92 Å². The van der Waals surface area contributed by atoms with Crippen LogP contribution in [0.4, 0.5) is 11.5 Å². The Morgan fingerprint density at radius 3 is 2.38 bits per heavy atom. The number of hydrogen-bond donors (Lipinski definition) is 1. The van der Waals surface area contributed by atoms with Crippen LogP contribution in [0.15, 0.2) is 53.3 Å². The molecule has 0 spiro atoms. The van der Waals surface area contributed by atoms with Crippen LogP contribution in [0.1, 0.15) is 4.88 Å². The van der Waals surface area contributed by atoms with E-state index >= 15 is 0 Å². The third-order valence-electron chi connectivity index (χ3n) is 4.00. The number of rotatable bonds is 3. The number of halogens is 3. The van der Waals surface area contributed by atoms with Gasteiger partial charge in [0.2, 0.25) is 0 Å². The topological polar surface area (TPSA) is 37.8 Å². The lowest BCUT2D eigenvalue weighted by Gasteiger charge is -2.11. The van der Waals surface area contributed by atoms with Gasteiger partial charge in [-0.1, -0.05) is 57.3 Å². The zero-order chi connectivity index (χ0) is 18.3. The second-order valence-corrected chi connectivity index (χ2v) is 8.60. The number of aromatic nitrogens is 2. The Labute approximate surface area is 173 Å². The van der Waals surface area contributed by atoms with Gasteiger partial charge in [0.15, 0.2) is 0 Å². The highest BCUT2D eigenvalue weighted by molar-refractivity contribution is 9.10. The van der Waals surface area contributed by atoms with Gasteiger partial charge in [0, 0.05) is 14.9 Å². The summed E-state index contributed by atoms with van der Waals surface area (Å²) >= 11 is 17.8. The van der Waals surface area contributed by atoms with E-state index in [1.807, 2.05) is 18.2 Å². The number of aryl methyl sites for hydroxylation is 1. The van der Waals surface area contributed by atoms with Crippen LogP contribution < -0.4 is 5.32 Å². The first-order valence-corrected chi connectivity index (χ1v) is 10.1. The number of nitrogens with one attached hydrogen (secondary N) is 1. The number of fused-ring (bicyclic) bond motifs is 1. The summed E-state index contributed by atoms with van der Waals surface area (Å²) in [6.45, 7) is 2.09. The molecule has 0 aliphatic carbocycles. The van der Waals surface area contributed by atoms with E-state index in [1.54, 1.807) is 29.8 Å². The number of hydrogen-bond acceptors (Lipinski definition) is 4. The predicted octanol–water partition coefficient (Wildman–Crippen LogP) is 7.48. The fourth-order valence-electron chi connectivity index (χ4n) is 2.84. The Kier molecular flexibility index (Phi) is 4.88. The first kappa shape index (κ1) is 17.7. The minimum atomic E-state index is 0.543. The molecule has 4 aromatic rings. The van der Waals surface area contributed by atoms with Gasteiger partial charge in [-0.15, -0.1) is 11.3 Å². The van der Waals surface area contributed by atoms with E-state index in [2.05, 4.69) is 50.3 Å². The molecule has 0 atom stereocenters. The molecule has 7 heteroatoms. The second kappa shape index (κ2) is 7.16. The van der Waals surface area contributed by atoms with Crippen molar-refractivity contribution in [3.05, 3.63) is 68.2 Å². The van der Waals surface area contributed by atoms with Crippen LogP contribution in [0.25, 0.3) is 21.3 Å². The normalized spacial score (nSPS) is 11.1. The molecule has 0 aliphatic rings. The summed E-state index contributed by atoms with van der Waals surface area (Å²) in [4.78, 5) is 11.0. The maximum Gasteiger partial charge on any atom is 0.143 e. The molecule has 130 valence electrons.